The van der Waals surface area contributed by atoms with Gasteiger partial charge in [-0.15, -0.1) is 24.0 Å². The van der Waals surface area contributed by atoms with Crippen LogP contribution in [-0.2, 0) is 13.2 Å². The van der Waals surface area contributed by atoms with E-state index in [9.17, 15) is 4.79 Å². The zero-order chi connectivity index (χ0) is 22.1. The molecule has 0 spiro atoms. The third-order valence-corrected chi connectivity index (χ3v) is 5.55. The Bertz CT molecular complexity index is 903. The Hall–Kier alpha value is -2.20. The number of halogens is 2. The number of nitrogens with two attached hydrogens (primary N) is 1. The van der Waals surface area contributed by atoms with Gasteiger partial charge in [-0.05, 0) is 43.0 Å². The molecule has 0 atom stereocenters. The number of benzene rings is 2. The molecule has 2 aromatic carbocycles. The summed E-state index contributed by atoms with van der Waals surface area (Å²) in [6, 6.07) is 15.5. The highest BCUT2D eigenvalue weighted by atomic mass is 127. The first kappa shape index (κ1) is 26.1. The molecule has 0 bridgehead atoms. The standard InChI is InChI=1S/C23H30ClN5O2.HI/c1-2-26-23(28-19-11-13-29(14-12-19)22(25)30)27-15-17-7-3-4-8-18(17)16-31-21-10-6-5-9-20(21)24;/h3-10,19H,2,11-16H2,1H3,(H2,25,30)(H2,26,27,28);1H. The Labute approximate surface area is 211 Å². The van der Waals surface area contributed by atoms with Crippen molar-refractivity contribution in [2.75, 3.05) is 19.6 Å². The number of nitrogens with zero attached hydrogens (tertiary/aromatic N) is 2. The maximum Gasteiger partial charge on any atom is 0.314 e. The summed E-state index contributed by atoms with van der Waals surface area (Å²) in [7, 11) is 0. The van der Waals surface area contributed by atoms with Crippen LogP contribution in [0.4, 0.5) is 4.79 Å². The van der Waals surface area contributed by atoms with Crippen molar-refractivity contribution in [3.05, 3.63) is 64.7 Å². The van der Waals surface area contributed by atoms with Crippen molar-refractivity contribution in [2.24, 2.45) is 10.7 Å². The summed E-state index contributed by atoms with van der Waals surface area (Å²) in [5.74, 6) is 1.43. The van der Waals surface area contributed by atoms with Crippen molar-refractivity contribution in [3.8, 4) is 5.75 Å². The lowest BCUT2D eigenvalue weighted by Gasteiger charge is -2.32. The van der Waals surface area contributed by atoms with Gasteiger partial charge in [0.25, 0.3) is 0 Å². The number of urea groups is 1. The molecule has 32 heavy (non-hydrogen) atoms. The Morgan fingerprint density at radius 2 is 1.81 bits per heavy atom. The lowest BCUT2D eigenvalue weighted by molar-refractivity contribution is 0.188. The molecule has 1 heterocycles. The summed E-state index contributed by atoms with van der Waals surface area (Å²) >= 11 is 6.19. The molecule has 1 aliphatic heterocycles. The smallest absolute Gasteiger partial charge is 0.314 e. The molecule has 0 saturated carbocycles. The molecule has 0 aliphatic carbocycles. The maximum atomic E-state index is 11.3. The number of hydrogen-bond donors (Lipinski definition) is 3. The van der Waals surface area contributed by atoms with Gasteiger partial charge in [-0.2, -0.15) is 0 Å². The number of carbonyl (C=O) groups excluding carboxylic acids is 1. The van der Waals surface area contributed by atoms with Gasteiger partial charge >= 0.3 is 6.03 Å². The first-order valence-electron chi connectivity index (χ1n) is 10.6. The van der Waals surface area contributed by atoms with E-state index in [1.807, 2.05) is 49.4 Å². The number of para-hydroxylation sites is 1. The molecule has 1 aliphatic rings. The lowest BCUT2D eigenvalue weighted by atomic mass is 10.1. The largest absolute Gasteiger partial charge is 0.487 e. The van der Waals surface area contributed by atoms with Gasteiger partial charge in [-0.3, -0.25) is 0 Å². The number of guanidine groups is 1. The second-order valence-electron chi connectivity index (χ2n) is 7.43. The quantitative estimate of drug-likeness (QED) is 0.265. The van der Waals surface area contributed by atoms with Crippen LogP contribution in [0.25, 0.3) is 0 Å². The van der Waals surface area contributed by atoms with Crippen molar-refractivity contribution in [3.63, 3.8) is 0 Å². The van der Waals surface area contributed by atoms with E-state index in [0.717, 1.165) is 36.5 Å². The summed E-state index contributed by atoms with van der Waals surface area (Å²) < 4.78 is 5.91. The van der Waals surface area contributed by atoms with Crippen molar-refractivity contribution < 1.29 is 9.53 Å². The number of rotatable bonds is 7. The van der Waals surface area contributed by atoms with Crippen LogP contribution in [0.15, 0.2) is 53.5 Å². The molecule has 0 aromatic heterocycles. The topological polar surface area (TPSA) is 92.0 Å². The molecule has 0 unspecified atom stereocenters. The average molecular weight is 572 g/mol. The van der Waals surface area contributed by atoms with Crippen LogP contribution in [0.3, 0.4) is 0 Å². The zero-order valence-electron chi connectivity index (χ0n) is 18.2. The van der Waals surface area contributed by atoms with Crippen molar-refractivity contribution in [1.82, 2.24) is 15.5 Å². The van der Waals surface area contributed by atoms with Gasteiger partial charge in [0.05, 0.1) is 11.6 Å². The van der Waals surface area contributed by atoms with Crippen LogP contribution in [-0.4, -0.2) is 42.6 Å². The molecule has 3 rings (SSSR count). The second kappa shape index (κ2) is 13.4. The number of amides is 2. The monoisotopic (exact) mass is 571 g/mol. The van der Waals surface area contributed by atoms with Crippen LogP contribution in [0.5, 0.6) is 5.75 Å². The first-order chi connectivity index (χ1) is 15.1. The van der Waals surface area contributed by atoms with Crippen molar-refractivity contribution >= 4 is 47.6 Å². The number of ether oxygens (including phenoxy) is 1. The second-order valence-corrected chi connectivity index (χ2v) is 7.83. The summed E-state index contributed by atoms with van der Waals surface area (Å²) in [6.45, 7) is 5.08. The van der Waals surface area contributed by atoms with Crippen LogP contribution >= 0.6 is 35.6 Å². The number of piperidine rings is 1. The van der Waals surface area contributed by atoms with Gasteiger partial charge in [-0.1, -0.05) is 48.0 Å². The molecule has 4 N–H and O–H groups in total. The highest BCUT2D eigenvalue weighted by Gasteiger charge is 2.21. The van der Waals surface area contributed by atoms with E-state index in [4.69, 9.17) is 27.1 Å². The molecule has 174 valence electrons. The van der Waals surface area contributed by atoms with Gasteiger partial charge < -0.3 is 26.0 Å². The Morgan fingerprint density at radius 3 is 2.47 bits per heavy atom. The molecule has 9 heteroatoms. The highest BCUT2D eigenvalue weighted by Crippen LogP contribution is 2.24. The minimum absolute atomic E-state index is 0. The molecule has 1 fully saturated rings. The lowest BCUT2D eigenvalue weighted by Crippen LogP contribution is -2.50. The fraction of sp³-hybridized carbons (Fsp3) is 0.391. The highest BCUT2D eigenvalue weighted by molar-refractivity contribution is 14.0. The first-order valence-corrected chi connectivity index (χ1v) is 11.0. The number of carbonyl (C=O) groups is 1. The molecule has 2 aromatic rings. The molecule has 7 nitrogen and oxygen atoms in total. The van der Waals surface area contributed by atoms with E-state index in [2.05, 4.69) is 16.7 Å². The maximum absolute atomic E-state index is 11.3. The molecule has 2 amide bonds. The Morgan fingerprint density at radius 1 is 1.16 bits per heavy atom. The molecule has 0 radical (unpaired) electrons. The van der Waals surface area contributed by atoms with Crippen LogP contribution in [0.1, 0.15) is 30.9 Å². The summed E-state index contributed by atoms with van der Waals surface area (Å²) in [6.07, 6.45) is 1.69. The van der Waals surface area contributed by atoms with Gasteiger partial charge in [-0.25, -0.2) is 9.79 Å². The third kappa shape index (κ3) is 7.74. The number of nitrogens with one attached hydrogen (secondary N) is 2. The van der Waals surface area contributed by atoms with Crippen molar-refractivity contribution in [2.45, 2.75) is 39.0 Å². The van der Waals surface area contributed by atoms with Crippen LogP contribution in [0.2, 0.25) is 5.02 Å². The fourth-order valence-corrected chi connectivity index (χ4v) is 3.68. The summed E-state index contributed by atoms with van der Waals surface area (Å²) in [5.41, 5.74) is 7.53. The predicted octanol–water partition coefficient (Wildman–Crippen LogP) is 4.14. The van der Waals surface area contributed by atoms with E-state index in [-0.39, 0.29) is 36.0 Å². The van der Waals surface area contributed by atoms with E-state index >= 15 is 0 Å². The summed E-state index contributed by atoms with van der Waals surface area (Å²) in [5, 5.41) is 7.38. The molecular weight excluding hydrogens is 541 g/mol. The van der Waals surface area contributed by atoms with E-state index in [0.29, 0.717) is 37.0 Å². The number of primary amides is 1. The number of aliphatic imine (C=N–C) groups is 1. The SMILES string of the molecule is CCNC(=NCc1ccccc1COc1ccccc1Cl)NC1CCN(C(N)=O)CC1.I. The van der Waals surface area contributed by atoms with E-state index < -0.39 is 0 Å². The third-order valence-electron chi connectivity index (χ3n) is 5.24. The van der Waals surface area contributed by atoms with Crippen LogP contribution in [0, 0.1) is 0 Å². The minimum atomic E-state index is -0.352. The van der Waals surface area contributed by atoms with Gasteiger partial charge in [0, 0.05) is 25.7 Å². The average Bonchev–Trinajstić information content (AvgIpc) is 2.78. The van der Waals surface area contributed by atoms with Gasteiger partial charge in [0.1, 0.15) is 12.4 Å². The van der Waals surface area contributed by atoms with Crippen LogP contribution < -0.4 is 21.1 Å². The predicted molar refractivity (Wildman–Crippen MR) is 140 cm³/mol. The van der Waals surface area contributed by atoms with E-state index in [1.165, 1.54) is 0 Å². The summed E-state index contributed by atoms with van der Waals surface area (Å²) in [4.78, 5) is 17.8. The number of hydrogen-bond acceptors (Lipinski definition) is 3. The van der Waals surface area contributed by atoms with E-state index in [1.54, 1.807) is 4.90 Å². The van der Waals surface area contributed by atoms with Gasteiger partial charge in [0.15, 0.2) is 5.96 Å². The Balaban J connectivity index is 0.00000363. The Kier molecular flexibility index (Phi) is 10.9. The molecular formula is C23H31ClIN5O2. The number of likely N-dealkylation sites (tertiary alicyclic amines) is 1. The van der Waals surface area contributed by atoms with Crippen molar-refractivity contribution in [1.29, 1.82) is 0 Å². The zero-order valence-corrected chi connectivity index (χ0v) is 21.3. The van der Waals surface area contributed by atoms with Gasteiger partial charge in [0.2, 0.25) is 0 Å². The minimum Gasteiger partial charge on any atom is -0.487 e. The fourth-order valence-electron chi connectivity index (χ4n) is 3.49. The molecule has 1 saturated heterocycles. The normalized spacial score (nSPS) is 14.4.